The number of amides is 1. The highest BCUT2D eigenvalue weighted by molar-refractivity contribution is 7.17. The van der Waals surface area contributed by atoms with Crippen LogP contribution in [0.15, 0.2) is 66.6 Å². The molecule has 0 bridgehead atoms. The van der Waals surface area contributed by atoms with Gasteiger partial charge < -0.3 is 26.2 Å². The summed E-state index contributed by atoms with van der Waals surface area (Å²) in [7, 11) is 2.02. The first-order chi connectivity index (χ1) is 17.4. The third-order valence-corrected chi connectivity index (χ3v) is 6.37. The van der Waals surface area contributed by atoms with Crippen molar-refractivity contribution in [2.24, 2.45) is 0 Å². The summed E-state index contributed by atoms with van der Waals surface area (Å²) in [4.78, 5) is 23.0. The molecule has 0 aliphatic carbocycles. The molecule has 10 heteroatoms. The number of carbonyl (C=O) groups excluding carboxylic acids is 1. The number of anilines is 6. The third-order valence-electron chi connectivity index (χ3n) is 5.46. The van der Waals surface area contributed by atoms with Gasteiger partial charge in [0.2, 0.25) is 11.9 Å². The maximum atomic E-state index is 14.7. The minimum absolute atomic E-state index is 0.289. The Balaban J connectivity index is 1.52. The van der Waals surface area contributed by atoms with E-state index in [1.807, 2.05) is 30.6 Å². The lowest BCUT2D eigenvalue weighted by atomic mass is 10.2. The van der Waals surface area contributed by atoms with Gasteiger partial charge in [0.25, 0.3) is 0 Å². The maximum absolute atomic E-state index is 14.7. The number of hydrogen-bond acceptors (Lipinski definition) is 8. The molecule has 186 valence electrons. The minimum Gasteiger partial charge on any atom is -0.381 e. The van der Waals surface area contributed by atoms with Crippen LogP contribution in [0.25, 0.3) is 10.2 Å². The fraction of sp³-hybridized carbons (Fsp3) is 0.192. The second-order valence-electron chi connectivity index (χ2n) is 8.07. The molecule has 2 aromatic heterocycles. The van der Waals surface area contributed by atoms with E-state index < -0.39 is 0 Å². The van der Waals surface area contributed by atoms with Crippen molar-refractivity contribution in [3.63, 3.8) is 0 Å². The van der Waals surface area contributed by atoms with Gasteiger partial charge in [-0.2, -0.15) is 4.98 Å². The Kier molecular flexibility index (Phi) is 8.09. The monoisotopic (exact) mass is 505 g/mol. The summed E-state index contributed by atoms with van der Waals surface area (Å²) in [5, 5.41) is 14.2. The number of thiophene rings is 1. The zero-order valence-electron chi connectivity index (χ0n) is 20.1. The van der Waals surface area contributed by atoms with Crippen LogP contribution >= 0.6 is 11.3 Å². The van der Waals surface area contributed by atoms with E-state index in [-0.39, 0.29) is 11.7 Å². The Hall–Kier alpha value is -4.02. The first kappa shape index (κ1) is 25.1. The van der Waals surface area contributed by atoms with Crippen molar-refractivity contribution in [1.82, 2.24) is 14.9 Å². The van der Waals surface area contributed by atoms with Gasteiger partial charge in [0, 0.05) is 30.2 Å². The molecule has 0 atom stereocenters. The van der Waals surface area contributed by atoms with E-state index in [2.05, 4.69) is 49.6 Å². The van der Waals surface area contributed by atoms with E-state index >= 15 is 0 Å². The Labute approximate surface area is 213 Å². The van der Waals surface area contributed by atoms with Gasteiger partial charge in [0.1, 0.15) is 5.82 Å². The smallest absolute Gasteiger partial charge is 0.247 e. The summed E-state index contributed by atoms with van der Waals surface area (Å²) in [6.07, 6.45) is 1.22. The van der Waals surface area contributed by atoms with Crippen LogP contribution in [-0.4, -0.2) is 47.5 Å². The van der Waals surface area contributed by atoms with Gasteiger partial charge >= 0.3 is 0 Å². The average molecular weight is 506 g/mol. The van der Waals surface area contributed by atoms with Crippen molar-refractivity contribution in [2.45, 2.75) is 6.92 Å². The van der Waals surface area contributed by atoms with Crippen molar-refractivity contribution in [1.29, 1.82) is 0 Å². The van der Waals surface area contributed by atoms with Crippen LogP contribution in [0.1, 0.15) is 6.92 Å². The zero-order chi connectivity index (χ0) is 25.5. The number of halogens is 1. The number of carbonyl (C=O) groups is 1. The van der Waals surface area contributed by atoms with Crippen LogP contribution in [0.3, 0.4) is 0 Å². The number of aromatic nitrogens is 2. The predicted octanol–water partition coefficient (Wildman–Crippen LogP) is 5.81. The molecule has 4 aromatic rings. The lowest BCUT2D eigenvalue weighted by Crippen LogP contribution is -2.24. The van der Waals surface area contributed by atoms with Gasteiger partial charge in [0.05, 0.1) is 15.9 Å². The fourth-order valence-corrected chi connectivity index (χ4v) is 4.19. The number of nitrogens with zero attached hydrogens (tertiary/aromatic N) is 3. The van der Waals surface area contributed by atoms with Crippen molar-refractivity contribution < 1.29 is 9.18 Å². The fourth-order valence-electron chi connectivity index (χ4n) is 3.41. The number of hydrogen-bond donors (Lipinski definition) is 4. The van der Waals surface area contributed by atoms with E-state index in [9.17, 15) is 9.18 Å². The highest BCUT2D eigenvalue weighted by atomic mass is 32.1. The Morgan fingerprint density at radius 3 is 2.69 bits per heavy atom. The van der Waals surface area contributed by atoms with Crippen LogP contribution in [0.2, 0.25) is 0 Å². The van der Waals surface area contributed by atoms with Gasteiger partial charge in [0.15, 0.2) is 5.82 Å². The molecule has 2 heterocycles. The standard InChI is InChI=1S/C26H28FN7OS/c1-4-23(35)29-17-7-6-8-18(15-17)30-25-24-22(11-14-36-24)32-26(33-25)31-19-9-10-21(20(27)16-19)28-12-13-34(3)5-2/h4,6-11,14-16,28H,1,5,12-13H2,2-3H3,(H,29,35)(H2,30,31,32,33). The van der Waals surface area contributed by atoms with Crippen LogP contribution in [0.5, 0.6) is 0 Å². The summed E-state index contributed by atoms with van der Waals surface area (Å²) in [5.41, 5.74) is 3.12. The van der Waals surface area contributed by atoms with Crippen LogP contribution in [-0.2, 0) is 4.79 Å². The maximum Gasteiger partial charge on any atom is 0.247 e. The van der Waals surface area contributed by atoms with Crippen molar-refractivity contribution in [3.8, 4) is 0 Å². The number of likely N-dealkylation sites (N-methyl/N-ethyl adjacent to an activating group) is 1. The van der Waals surface area contributed by atoms with Gasteiger partial charge in [-0.25, -0.2) is 9.37 Å². The van der Waals surface area contributed by atoms with E-state index in [1.54, 1.807) is 24.3 Å². The minimum atomic E-state index is -0.354. The topological polar surface area (TPSA) is 94.2 Å². The molecule has 0 aliphatic rings. The molecule has 0 saturated carbocycles. The van der Waals surface area contributed by atoms with E-state index in [0.29, 0.717) is 35.4 Å². The zero-order valence-corrected chi connectivity index (χ0v) is 21.0. The summed E-state index contributed by atoms with van der Waals surface area (Å²) < 4.78 is 15.6. The highest BCUT2D eigenvalue weighted by Gasteiger charge is 2.12. The van der Waals surface area contributed by atoms with Crippen molar-refractivity contribution >= 4 is 62.0 Å². The lowest BCUT2D eigenvalue weighted by molar-refractivity contribution is -0.111. The largest absolute Gasteiger partial charge is 0.381 e. The molecule has 0 unspecified atom stereocenters. The van der Waals surface area contributed by atoms with Gasteiger partial charge in [-0.05, 0) is 67.5 Å². The Morgan fingerprint density at radius 2 is 1.92 bits per heavy atom. The Morgan fingerprint density at radius 1 is 1.11 bits per heavy atom. The summed E-state index contributed by atoms with van der Waals surface area (Å²) >= 11 is 1.51. The second-order valence-corrected chi connectivity index (χ2v) is 8.99. The molecular formula is C26H28FN7OS. The van der Waals surface area contributed by atoms with E-state index in [0.717, 1.165) is 29.0 Å². The highest BCUT2D eigenvalue weighted by Crippen LogP contribution is 2.31. The molecule has 4 N–H and O–H groups in total. The molecule has 0 aliphatic heterocycles. The average Bonchev–Trinajstić information content (AvgIpc) is 3.34. The Bertz CT molecular complexity index is 1370. The first-order valence-electron chi connectivity index (χ1n) is 11.5. The van der Waals surface area contributed by atoms with Crippen LogP contribution < -0.4 is 21.3 Å². The summed E-state index contributed by atoms with van der Waals surface area (Å²) in [6.45, 7) is 7.97. The third kappa shape index (κ3) is 6.35. The number of nitrogens with one attached hydrogen (secondary N) is 4. The molecule has 2 aromatic carbocycles. The number of fused-ring (bicyclic) bond motifs is 1. The quantitative estimate of drug-likeness (QED) is 0.191. The molecule has 0 radical (unpaired) electrons. The summed E-state index contributed by atoms with van der Waals surface area (Å²) in [6, 6.07) is 14.1. The van der Waals surface area contributed by atoms with E-state index in [4.69, 9.17) is 0 Å². The van der Waals surface area contributed by atoms with Crippen molar-refractivity contribution in [3.05, 3.63) is 72.4 Å². The van der Waals surface area contributed by atoms with Crippen molar-refractivity contribution in [2.75, 3.05) is 47.9 Å². The number of benzene rings is 2. The second kappa shape index (κ2) is 11.6. The summed E-state index contributed by atoms with van der Waals surface area (Å²) in [5.74, 6) is 0.295. The molecule has 0 saturated heterocycles. The molecule has 0 fully saturated rings. The van der Waals surface area contributed by atoms with E-state index in [1.165, 1.54) is 23.5 Å². The molecule has 8 nitrogen and oxygen atoms in total. The number of rotatable bonds is 11. The lowest BCUT2D eigenvalue weighted by Gasteiger charge is -2.15. The predicted molar refractivity (Wildman–Crippen MR) is 147 cm³/mol. The molecule has 1 amide bonds. The van der Waals surface area contributed by atoms with Gasteiger partial charge in [-0.1, -0.05) is 19.6 Å². The van der Waals surface area contributed by atoms with Gasteiger partial charge in [-0.15, -0.1) is 11.3 Å². The normalized spacial score (nSPS) is 10.9. The molecule has 4 rings (SSSR count). The van der Waals surface area contributed by atoms with Gasteiger partial charge in [-0.3, -0.25) is 4.79 Å². The van der Waals surface area contributed by atoms with Crippen LogP contribution in [0.4, 0.5) is 38.9 Å². The SMILES string of the molecule is C=CC(=O)Nc1cccc(Nc2nc(Nc3ccc(NCCN(C)CC)c(F)c3)nc3ccsc23)c1. The molecular weight excluding hydrogens is 477 g/mol. The molecule has 0 spiro atoms. The molecule has 36 heavy (non-hydrogen) atoms. The van der Waals surface area contributed by atoms with Crippen LogP contribution in [0, 0.1) is 5.82 Å². The first-order valence-corrected chi connectivity index (χ1v) is 12.4.